The summed E-state index contributed by atoms with van der Waals surface area (Å²) >= 11 is 0. The van der Waals surface area contributed by atoms with Gasteiger partial charge in [0.25, 0.3) is 0 Å². The summed E-state index contributed by atoms with van der Waals surface area (Å²) < 4.78 is 0. The maximum atomic E-state index is 10.6. The van der Waals surface area contributed by atoms with Crippen molar-refractivity contribution in [3.8, 4) is 0 Å². The zero-order chi connectivity index (χ0) is 15.7. The molecule has 0 radical (unpaired) electrons. The number of carboxylic acid groups (broad SMARTS) is 4. The maximum absolute atomic E-state index is 10.6. The second-order valence-corrected chi connectivity index (χ2v) is 4.00. The minimum absolute atomic E-state index is 0. The van der Waals surface area contributed by atoms with E-state index < -0.39 is 50.1 Å². The molecule has 0 heterocycles. The molecule has 0 atom stereocenters. The van der Waals surface area contributed by atoms with E-state index in [0.29, 0.717) is 0 Å². The first kappa shape index (κ1) is 25.7. The molecule has 0 aliphatic rings. The Morgan fingerprint density at radius 2 is 0.727 bits per heavy atom. The molecule has 0 unspecified atom stereocenters. The molecule has 0 bridgehead atoms. The molecule has 22 heavy (non-hydrogen) atoms. The van der Waals surface area contributed by atoms with E-state index in [2.05, 4.69) is 0 Å². The summed E-state index contributed by atoms with van der Waals surface area (Å²) in [5.41, 5.74) is 0. The van der Waals surface area contributed by atoms with Crippen molar-refractivity contribution in [1.82, 2.24) is 9.80 Å². The van der Waals surface area contributed by atoms with Crippen LogP contribution in [0.5, 0.6) is 0 Å². The fraction of sp³-hybridized carbons (Fsp3) is 0.600. The summed E-state index contributed by atoms with van der Waals surface area (Å²) in [6, 6.07) is 0. The van der Waals surface area contributed by atoms with Gasteiger partial charge in [0.05, 0.1) is 26.2 Å². The molecular weight excluding hydrogens is 394 g/mol. The molecule has 0 aliphatic carbocycles. The van der Waals surface area contributed by atoms with E-state index >= 15 is 0 Å². The SMILES string of the molecule is O=C(O)CN(CCN(CC(=O)O)CC(=O)O)CC(=O)O.[Ni].[Ni]. The maximum Gasteiger partial charge on any atom is 0.317 e. The van der Waals surface area contributed by atoms with Gasteiger partial charge in [-0.05, 0) is 0 Å². The van der Waals surface area contributed by atoms with Gasteiger partial charge in [-0.1, -0.05) is 0 Å². The van der Waals surface area contributed by atoms with Crippen LogP contribution in [0.25, 0.3) is 0 Å². The summed E-state index contributed by atoms with van der Waals surface area (Å²) in [6.45, 7) is -2.25. The Bertz CT molecular complexity index is 325. The van der Waals surface area contributed by atoms with Crippen LogP contribution in [0.4, 0.5) is 0 Å². The largest absolute Gasteiger partial charge is 0.480 e. The van der Waals surface area contributed by atoms with Crippen molar-refractivity contribution >= 4 is 23.9 Å². The van der Waals surface area contributed by atoms with Gasteiger partial charge in [0.1, 0.15) is 0 Å². The molecule has 0 spiro atoms. The van der Waals surface area contributed by atoms with Crippen LogP contribution in [-0.2, 0) is 52.2 Å². The van der Waals surface area contributed by atoms with Crippen molar-refractivity contribution in [2.75, 3.05) is 39.3 Å². The number of carboxylic acids is 4. The Labute approximate surface area is 145 Å². The fourth-order valence-corrected chi connectivity index (χ4v) is 1.48. The third kappa shape index (κ3) is 15.2. The molecule has 0 fully saturated rings. The van der Waals surface area contributed by atoms with Crippen LogP contribution in [0.1, 0.15) is 0 Å². The zero-order valence-corrected chi connectivity index (χ0v) is 13.2. The quantitative estimate of drug-likeness (QED) is 0.279. The number of rotatable bonds is 11. The second kappa shape index (κ2) is 13.4. The van der Waals surface area contributed by atoms with Crippen molar-refractivity contribution < 1.29 is 72.6 Å². The fourth-order valence-electron chi connectivity index (χ4n) is 1.48. The normalized spacial score (nSPS) is 9.73. The monoisotopic (exact) mass is 408 g/mol. The van der Waals surface area contributed by atoms with E-state index in [4.69, 9.17) is 20.4 Å². The van der Waals surface area contributed by atoms with Gasteiger partial charge >= 0.3 is 23.9 Å². The first-order valence-corrected chi connectivity index (χ1v) is 5.52. The minimum Gasteiger partial charge on any atom is -0.480 e. The van der Waals surface area contributed by atoms with Gasteiger partial charge in [-0.15, -0.1) is 0 Å². The zero-order valence-electron chi connectivity index (χ0n) is 11.2. The van der Waals surface area contributed by atoms with E-state index in [-0.39, 0.29) is 46.1 Å². The number of nitrogens with zero attached hydrogens (tertiary/aromatic N) is 2. The van der Waals surface area contributed by atoms with E-state index in [9.17, 15) is 19.2 Å². The van der Waals surface area contributed by atoms with Gasteiger partial charge in [-0.3, -0.25) is 29.0 Å². The molecule has 0 aromatic rings. The van der Waals surface area contributed by atoms with E-state index in [0.717, 1.165) is 9.80 Å². The first-order valence-electron chi connectivity index (χ1n) is 5.52. The van der Waals surface area contributed by atoms with E-state index in [1.54, 1.807) is 0 Å². The summed E-state index contributed by atoms with van der Waals surface area (Å²) in [5, 5.41) is 34.5. The van der Waals surface area contributed by atoms with Gasteiger partial charge in [0.15, 0.2) is 0 Å². The summed E-state index contributed by atoms with van der Waals surface area (Å²) in [6.07, 6.45) is 0. The molecule has 0 aromatic carbocycles. The molecule has 134 valence electrons. The third-order valence-corrected chi connectivity index (χ3v) is 2.17. The summed E-state index contributed by atoms with van der Waals surface area (Å²) in [5.74, 6) is -4.91. The van der Waals surface area contributed by atoms with Crippen LogP contribution in [0, 0.1) is 0 Å². The van der Waals surface area contributed by atoms with Gasteiger partial charge in [0, 0.05) is 46.1 Å². The molecular formula is C10H16N2Ni2O8. The molecule has 0 saturated heterocycles. The number of hydrogen-bond acceptors (Lipinski definition) is 6. The van der Waals surface area contributed by atoms with Crippen molar-refractivity contribution in [3.63, 3.8) is 0 Å². The van der Waals surface area contributed by atoms with Crippen LogP contribution >= 0.6 is 0 Å². The van der Waals surface area contributed by atoms with Crippen LogP contribution in [0.15, 0.2) is 0 Å². The Morgan fingerprint density at radius 3 is 0.864 bits per heavy atom. The molecule has 12 heteroatoms. The molecule has 0 aliphatic heterocycles. The van der Waals surface area contributed by atoms with Crippen LogP contribution < -0.4 is 0 Å². The number of carbonyl (C=O) groups is 4. The van der Waals surface area contributed by atoms with Crippen molar-refractivity contribution in [2.45, 2.75) is 0 Å². The second-order valence-electron chi connectivity index (χ2n) is 4.00. The smallest absolute Gasteiger partial charge is 0.317 e. The molecule has 0 amide bonds. The van der Waals surface area contributed by atoms with Crippen molar-refractivity contribution in [2.24, 2.45) is 0 Å². The molecule has 0 saturated carbocycles. The van der Waals surface area contributed by atoms with Crippen molar-refractivity contribution in [3.05, 3.63) is 0 Å². The first-order chi connectivity index (χ1) is 9.20. The molecule has 10 nitrogen and oxygen atoms in total. The third-order valence-electron chi connectivity index (χ3n) is 2.17. The summed E-state index contributed by atoms with van der Waals surface area (Å²) in [4.78, 5) is 44.4. The Morgan fingerprint density at radius 1 is 0.545 bits per heavy atom. The van der Waals surface area contributed by atoms with Gasteiger partial charge < -0.3 is 20.4 Å². The van der Waals surface area contributed by atoms with Crippen LogP contribution in [0.2, 0.25) is 0 Å². The van der Waals surface area contributed by atoms with Crippen LogP contribution in [-0.4, -0.2) is 93.4 Å². The average Bonchev–Trinajstić information content (AvgIpc) is 2.22. The molecule has 0 rings (SSSR count). The minimum atomic E-state index is -1.23. The Balaban J connectivity index is -0.00000180. The molecule has 4 N–H and O–H groups in total. The van der Waals surface area contributed by atoms with Gasteiger partial charge in [-0.25, -0.2) is 0 Å². The predicted molar refractivity (Wildman–Crippen MR) is 63.4 cm³/mol. The number of hydrogen-bond donors (Lipinski definition) is 4. The topological polar surface area (TPSA) is 156 Å². The van der Waals surface area contributed by atoms with Gasteiger partial charge in [0.2, 0.25) is 0 Å². The van der Waals surface area contributed by atoms with E-state index in [1.807, 2.05) is 0 Å². The van der Waals surface area contributed by atoms with Gasteiger partial charge in [-0.2, -0.15) is 0 Å². The van der Waals surface area contributed by atoms with Crippen molar-refractivity contribution in [1.29, 1.82) is 0 Å². The Kier molecular flexibility index (Phi) is 15.7. The predicted octanol–water partition coefficient (Wildman–Crippen LogP) is -2.08. The number of aliphatic carboxylic acids is 4. The average molecular weight is 410 g/mol. The standard InChI is InChI=1S/C10H16N2O8.2Ni/c13-7(14)3-11(4-8(15)16)1-2-12(5-9(17)18)6-10(19)20;;/h1-6H2,(H,13,14)(H,15,16)(H,17,18)(H,19,20);;. The van der Waals surface area contributed by atoms with E-state index in [1.165, 1.54) is 0 Å². The summed E-state index contributed by atoms with van der Waals surface area (Å²) in [7, 11) is 0. The molecule has 0 aromatic heterocycles. The Hall–Kier alpha value is -1.21. The van der Waals surface area contributed by atoms with Crippen LogP contribution in [0.3, 0.4) is 0 Å².